The lowest BCUT2D eigenvalue weighted by molar-refractivity contribution is -0.0156. The highest BCUT2D eigenvalue weighted by molar-refractivity contribution is 7.89. The van der Waals surface area contributed by atoms with Crippen molar-refractivity contribution in [3.8, 4) is 0 Å². The van der Waals surface area contributed by atoms with E-state index >= 15 is 0 Å². The fourth-order valence-corrected chi connectivity index (χ4v) is 2.96. The number of rotatable bonds is 4. The predicted molar refractivity (Wildman–Crippen MR) is 68.9 cm³/mol. The van der Waals surface area contributed by atoms with Crippen molar-refractivity contribution in [2.24, 2.45) is 0 Å². The van der Waals surface area contributed by atoms with Gasteiger partial charge in [0.1, 0.15) is 0 Å². The summed E-state index contributed by atoms with van der Waals surface area (Å²) in [5.74, 6) is 0. The molecule has 1 aliphatic rings. The van der Waals surface area contributed by atoms with Gasteiger partial charge in [-0.15, -0.1) is 0 Å². The van der Waals surface area contributed by atoms with E-state index in [0.29, 0.717) is 13.2 Å². The molecule has 0 radical (unpaired) electrons. The fraction of sp³-hybridized carbons (Fsp3) is 0.500. The standard InChI is InChI=1S/C12H18N2O3S/c1-14-7-8-17-11(10-14)9-13-18(15,16)12-5-3-2-4-6-12/h2-6,11,13H,7-10H2,1H3. The third-order valence-electron chi connectivity index (χ3n) is 2.90. The number of ether oxygens (including phenoxy) is 1. The van der Waals surface area contributed by atoms with E-state index in [-0.39, 0.29) is 11.0 Å². The third-order valence-corrected chi connectivity index (χ3v) is 4.34. The van der Waals surface area contributed by atoms with E-state index in [1.54, 1.807) is 30.3 Å². The second-order valence-electron chi connectivity index (χ2n) is 4.42. The summed E-state index contributed by atoms with van der Waals surface area (Å²) in [5, 5.41) is 0. The fourth-order valence-electron chi connectivity index (χ4n) is 1.88. The highest BCUT2D eigenvalue weighted by Crippen LogP contribution is 2.08. The van der Waals surface area contributed by atoms with Crippen LogP contribution in [0, 0.1) is 0 Å². The molecule has 0 saturated carbocycles. The monoisotopic (exact) mass is 270 g/mol. The molecule has 6 heteroatoms. The molecule has 1 heterocycles. The molecule has 18 heavy (non-hydrogen) atoms. The lowest BCUT2D eigenvalue weighted by Crippen LogP contribution is -2.45. The highest BCUT2D eigenvalue weighted by atomic mass is 32.2. The van der Waals surface area contributed by atoms with E-state index in [1.807, 2.05) is 7.05 Å². The minimum atomic E-state index is -3.43. The third kappa shape index (κ3) is 3.52. The number of benzene rings is 1. The maximum Gasteiger partial charge on any atom is 0.240 e. The Hall–Kier alpha value is -0.950. The summed E-state index contributed by atoms with van der Waals surface area (Å²) in [5.41, 5.74) is 0. The summed E-state index contributed by atoms with van der Waals surface area (Å²) in [6, 6.07) is 8.36. The zero-order valence-corrected chi connectivity index (χ0v) is 11.2. The molecule has 1 saturated heterocycles. The number of sulfonamides is 1. The van der Waals surface area contributed by atoms with Crippen LogP contribution in [0.25, 0.3) is 0 Å². The number of hydrogen-bond acceptors (Lipinski definition) is 4. The second kappa shape index (κ2) is 5.79. The van der Waals surface area contributed by atoms with Gasteiger partial charge in [0, 0.05) is 19.6 Å². The minimum Gasteiger partial charge on any atom is -0.374 e. The lowest BCUT2D eigenvalue weighted by atomic mass is 10.3. The number of morpholine rings is 1. The van der Waals surface area contributed by atoms with Crippen molar-refractivity contribution in [1.29, 1.82) is 0 Å². The van der Waals surface area contributed by atoms with Gasteiger partial charge < -0.3 is 9.64 Å². The van der Waals surface area contributed by atoms with Gasteiger partial charge in [0.2, 0.25) is 10.0 Å². The first kappa shape index (κ1) is 13.5. The molecule has 2 rings (SSSR count). The van der Waals surface area contributed by atoms with Crippen molar-refractivity contribution in [2.75, 3.05) is 33.3 Å². The van der Waals surface area contributed by atoms with E-state index in [0.717, 1.165) is 13.1 Å². The molecule has 0 amide bonds. The SMILES string of the molecule is CN1CCOC(CNS(=O)(=O)c2ccccc2)C1. The van der Waals surface area contributed by atoms with Crippen LogP contribution in [-0.4, -0.2) is 52.7 Å². The smallest absolute Gasteiger partial charge is 0.240 e. The van der Waals surface area contributed by atoms with Gasteiger partial charge in [-0.25, -0.2) is 13.1 Å². The molecular formula is C12H18N2O3S. The largest absolute Gasteiger partial charge is 0.374 e. The first-order chi connectivity index (χ1) is 8.58. The van der Waals surface area contributed by atoms with Gasteiger partial charge in [0.15, 0.2) is 0 Å². The van der Waals surface area contributed by atoms with Crippen LogP contribution in [0.3, 0.4) is 0 Å². The topological polar surface area (TPSA) is 58.6 Å². The quantitative estimate of drug-likeness (QED) is 0.854. The Kier molecular flexibility index (Phi) is 4.34. The Morgan fingerprint density at radius 3 is 2.78 bits per heavy atom. The van der Waals surface area contributed by atoms with Gasteiger partial charge in [-0.2, -0.15) is 0 Å². The van der Waals surface area contributed by atoms with Gasteiger partial charge >= 0.3 is 0 Å². The summed E-state index contributed by atoms with van der Waals surface area (Å²) >= 11 is 0. The molecule has 5 nitrogen and oxygen atoms in total. The zero-order valence-electron chi connectivity index (χ0n) is 10.4. The van der Waals surface area contributed by atoms with Gasteiger partial charge in [-0.1, -0.05) is 18.2 Å². The van der Waals surface area contributed by atoms with Crippen molar-refractivity contribution >= 4 is 10.0 Å². The molecule has 1 aromatic carbocycles. The molecule has 0 spiro atoms. The van der Waals surface area contributed by atoms with Gasteiger partial charge in [-0.3, -0.25) is 0 Å². The Balaban J connectivity index is 1.93. The molecule has 1 unspecified atom stereocenters. The molecule has 0 aliphatic carbocycles. The van der Waals surface area contributed by atoms with Crippen LogP contribution >= 0.6 is 0 Å². The van der Waals surface area contributed by atoms with Gasteiger partial charge in [0.25, 0.3) is 0 Å². The normalized spacial score (nSPS) is 21.9. The summed E-state index contributed by atoms with van der Waals surface area (Å²) in [6.07, 6.45) is -0.0813. The maximum absolute atomic E-state index is 12.0. The summed E-state index contributed by atoms with van der Waals surface area (Å²) in [4.78, 5) is 2.42. The van der Waals surface area contributed by atoms with E-state index in [9.17, 15) is 8.42 Å². The molecule has 1 aromatic rings. The summed E-state index contributed by atoms with van der Waals surface area (Å²) < 4.78 is 32.0. The zero-order chi connectivity index (χ0) is 13.0. The molecule has 0 bridgehead atoms. The van der Waals surface area contributed by atoms with Crippen molar-refractivity contribution in [2.45, 2.75) is 11.0 Å². The van der Waals surface area contributed by atoms with Crippen LogP contribution in [-0.2, 0) is 14.8 Å². The highest BCUT2D eigenvalue weighted by Gasteiger charge is 2.20. The Morgan fingerprint density at radius 2 is 2.11 bits per heavy atom. The lowest BCUT2D eigenvalue weighted by Gasteiger charge is -2.30. The second-order valence-corrected chi connectivity index (χ2v) is 6.19. The molecule has 0 aromatic heterocycles. The summed E-state index contributed by atoms with van der Waals surface area (Å²) in [6.45, 7) is 2.59. The number of likely N-dealkylation sites (N-methyl/N-ethyl adjacent to an activating group) is 1. The molecule has 1 aliphatic heterocycles. The molecule has 100 valence electrons. The van der Waals surface area contributed by atoms with E-state index < -0.39 is 10.0 Å². The number of nitrogens with one attached hydrogen (secondary N) is 1. The Bertz CT molecular complexity index is 475. The number of hydrogen-bond donors (Lipinski definition) is 1. The van der Waals surface area contributed by atoms with Gasteiger partial charge in [0.05, 0.1) is 17.6 Å². The van der Waals surface area contributed by atoms with Crippen molar-refractivity contribution < 1.29 is 13.2 Å². The van der Waals surface area contributed by atoms with Crippen LogP contribution in [0.2, 0.25) is 0 Å². The first-order valence-corrected chi connectivity index (χ1v) is 7.41. The van der Waals surface area contributed by atoms with E-state index in [2.05, 4.69) is 9.62 Å². The van der Waals surface area contributed by atoms with E-state index in [4.69, 9.17) is 4.74 Å². The average Bonchev–Trinajstić information content (AvgIpc) is 2.38. The van der Waals surface area contributed by atoms with Crippen molar-refractivity contribution in [3.63, 3.8) is 0 Å². The van der Waals surface area contributed by atoms with Crippen LogP contribution < -0.4 is 4.72 Å². The van der Waals surface area contributed by atoms with Crippen LogP contribution in [0.4, 0.5) is 0 Å². The first-order valence-electron chi connectivity index (χ1n) is 5.93. The minimum absolute atomic E-state index is 0.0813. The van der Waals surface area contributed by atoms with Crippen molar-refractivity contribution in [1.82, 2.24) is 9.62 Å². The summed E-state index contributed by atoms with van der Waals surface area (Å²) in [7, 11) is -1.42. The van der Waals surface area contributed by atoms with Crippen LogP contribution in [0.5, 0.6) is 0 Å². The Morgan fingerprint density at radius 1 is 1.39 bits per heavy atom. The maximum atomic E-state index is 12.0. The predicted octanol–water partition coefficient (Wildman–Crippen LogP) is 0.295. The van der Waals surface area contributed by atoms with E-state index in [1.165, 1.54) is 0 Å². The molecule has 1 atom stereocenters. The molecule has 1 fully saturated rings. The molecular weight excluding hydrogens is 252 g/mol. The average molecular weight is 270 g/mol. The Labute approximate surface area is 108 Å². The number of nitrogens with zero attached hydrogens (tertiary/aromatic N) is 1. The molecule has 1 N–H and O–H groups in total. The van der Waals surface area contributed by atoms with Crippen LogP contribution in [0.15, 0.2) is 35.2 Å². The van der Waals surface area contributed by atoms with Gasteiger partial charge in [-0.05, 0) is 19.2 Å². The van der Waals surface area contributed by atoms with Crippen LogP contribution in [0.1, 0.15) is 0 Å². The van der Waals surface area contributed by atoms with Crippen molar-refractivity contribution in [3.05, 3.63) is 30.3 Å².